The summed E-state index contributed by atoms with van der Waals surface area (Å²) in [6, 6.07) is 28.0. The van der Waals surface area contributed by atoms with Gasteiger partial charge in [-0.05, 0) is 130 Å². The standard InChI is InChI=1S/C29H27F3N6O3.C27H23F3N6O3/c1-2-41-28(40)19-10-13-37(14-11-19)22-7-3-5-20(15-22)27(39)35-26-9-8-23(18-34-26)38-25(29(30,31)32)16-24(36-38)21-6-4-12-33-17-21;28-27(29,30)23-14-22(19-4-2-10-31-15-19)34-36(23)21-6-7-24(32-16-21)33-25(37)18-3-1-5-20(13-18)35-11-8-17(9-12-35)26(38)39/h3-9,12,15-19H,2,10-11,13-14H2,1H3,(H,34,35,39);1-7,10,13-17H,8-9,11-12H2,(H,38,39)(H,32,33,37). The first kappa shape index (κ1) is 55.3. The van der Waals surface area contributed by atoms with Crippen molar-refractivity contribution in [2.45, 2.75) is 45.0 Å². The lowest BCUT2D eigenvalue weighted by molar-refractivity contribution is -0.149. The minimum atomic E-state index is -4.66. The summed E-state index contributed by atoms with van der Waals surface area (Å²) in [6.07, 6.45) is 1.40. The second-order valence-electron chi connectivity index (χ2n) is 18.6. The van der Waals surface area contributed by atoms with E-state index in [2.05, 4.69) is 45.7 Å². The van der Waals surface area contributed by atoms with Crippen LogP contribution < -0.4 is 20.4 Å². The van der Waals surface area contributed by atoms with Crippen LogP contribution in [0.5, 0.6) is 0 Å². The summed E-state index contributed by atoms with van der Waals surface area (Å²) in [6.45, 7) is 4.61. The number of halogens is 6. The van der Waals surface area contributed by atoms with Crippen molar-refractivity contribution < 1.29 is 55.4 Å². The Labute approximate surface area is 453 Å². The van der Waals surface area contributed by atoms with Crippen LogP contribution in [-0.4, -0.2) is 101 Å². The highest BCUT2D eigenvalue weighted by Gasteiger charge is 2.38. The fourth-order valence-electron chi connectivity index (χ4n) is 9.12. The number of hydrogen-bond donors (Lipinski definition) is 3. The maximum atomic E-state index is 13.8. The number of hydrogen-bond acceptors (Lipinski definition) is 13. The molecule has 2 aromatic carbocycles. The number of rotatable bonds is 13. The van der Waals surface area contributed by atoms with Crippen LogP contribution in [0.15, 0.2) is 146 Å². The molecule has 6 aromatic heterocycles. The number of amides is 2. The quantitative estimate of drug-likeness (QED) is 0.0724. The molecule has 10 rings (SSSR count). The fraction of sp³-hybridized carbons (Fsp3) is 0.250. The molecule has 8 aromatic rings. The lowest BCUT2D eigenvalue weighted by Crippen LogP contribution is -2.37. The van der Waals surface area contributed by atoms with Crippen LogP contribution in [0.25, 0.3) is 33.9 Å². The third kappa shape index (κ3) is 13.3. The van der Waals surface area contributed by atoms with Crippen molar-refractivity contribution in [3.63, 3.8) is 0 Å². The number of carboxylic acid groups (broad SMARTS) is 1. The van der Waals surface area contributed by atoms with Crippen molar-refractivity contribution in [3.05, 3.63) is 169 Å². The number of anilines is 4. The largest absolute Gasteiger partial charge is 0.481 e. The van der Waals surface area contributed by atoms with E-state index in [0.717, 1.165) is 32.9 Å². The highest BCUT2D eigenvalue weighted by atomic mass is 19.4. The molecule has 0 spiro atoms. The monoisotopic (exact) mass is 1100 g/mol. The summed E-state index contributed by atoms with van der Waals surface area (Å²) >= 11 is 0. The summed E-state index contributed by atoms with van der Waals surface area (Å²) in [4.78, 5) is 69.4. The Hall–Kier alpha value is -9.48. The maximum absolute atomic E-state index is 13.8. The van der Waals surface area contributed by atoms with E-state index in [0.29, 0.717) is 80.7 Å². The minimum absolute atomic E-state index is 0.0715. The number of ether oxygens (including phenoxy) is 1. The molecule has 2 fully saturated rings. The van der Waals surface area contributed by atoms with Crippen molar-refractivity contribution >= 4 is 46.8 Å². The Bertz CT molecular complexity index is 3450. The van der Waals surface area contributed by atoms with Crippen molar-refractivity contribution in [2.24, 2.45) is 11.8 Å². The van der Waals surface area contributed by atoms with Crippen LogP contribution in [-0.2, 0) is 26.7 Å². The van der Waals surface area contributed by atoms with E-state index in [1.807, 2.05) is 17.0 Å². The molecule has 2 aliphatic heterocycles. The van der Waals surface area contributed by atoms with Gasteiger partial charge in [-0.1, -0.05) is 12.1 Å². The van der Waals surface area contributed by atoms with E-state index >= 15 is 0 Å². The van der Waals surface area contributed by atoms with Crippen molar-refractivity contribution in [1.82, 2.24) is 39.5 Å². The van der Waals surface area contributed by atoms with E-state index in [9.17, 15) is 50.6 Å². The zero-order valence-corrected chi connectivity index (χ0v) is 42.6. The molecule has 24 heteroatoms. The predicted molar refractivity (Wildman–Crippen MR) is 282 cm³/mol. The van der Waals surface area contributed by atoms with Gasteiger partial charge in [-0.3, -0.25) is 29.1 Å². The van der Waals surface area contributed by atoms with Gasteiger partial charge >= 0.3 is 24.3 Å². The molecule has 412 valence electrons. The van der Waals surface area contributed by atoms with Gasteiger partial charge in [0.2, 0.25) is 0 Å². The molecule has 0 saturated carbocycles. The number of piperidine rings is 2. The number of carbonyl (C=O) groups excluding carboxylic acids is 3. The average molecular weight is 1100 g/mol. The molecule has 0 unspecified atom stereocenters. The van der Waals surface area contributed by atoms with Gasteiger partial charge in [0.05, 0.1) is 53.6 Å². The molecule has 3 N–H and O–H groups in total. The summed E-state index contributed by atoms with van der Waals surface area (Å²) in [5.41, 5.74) is 1.75. The molecule has 2 amide bonds. The van der Waals surface area contributed by atoms with Crippen molar-refractivity contribution in [3.8, 4) is 33.9 Å². The second-order valence-corrected chi connectivity index (χ2v) is 18.6. The molecule has 2 aliphatic rings. The van der Waals surface area contributed by atoms with Gasteiger partial charge in [-0.2, -0.15) is 36.5 Å². The summed E-state index contributed by atoms with van der Waals surface area (Å²) < 4.78 is 89.2. The molecular formula is C56H50F6N12O6. The number of carboxylic acids is 1. The van der Waals surface area contributed by atoms with Crippen LogP contribution in [0, 0.1) is 11.8 Å². The van der Waals surface area contributed by atoms with Gasteiger partial charge in [-0.15, -0.1) is 0 Å². The highest BCUT2D eigenvalue weighted by molar-refractivity contribution is 6.05. The highest BCUT2D eigenvalue weighted by Crippen LogP contribution is 2.36. The normalized spacial score (nSPS) is 14.2. The zero-order chi connectivity index (χ0) is 56.6. The Morgan fingerprint density at radius 3 is 1.36 bits per heavy atom. The summed E-state index contributed by atoms with van der Waals surface area (Å²) in [7, 11) is 0. The van der Waals surface area contributed by atoms with Crippen LogP contribution >= 0.6 is 0 Å². The lowest BCUT2D eigenvalue weighted by atomic mass is 9.96. The van der Waals surface area contributed by atoms with Crippen molar-refractivity contribution in [2.75, 3.05) is 53.2 Å². The van der Waals surface area contributed by atoms with Gasteiger partial charge in [0, 0.05) is 84.6 Å². The van der Waals surface area contributed by atoms with Gasteiger partial charge in [0.1, 0.15) is 23.0 Å². The van der Waals surface area contributed by atoms with Gasteiger partial charge in [0.15, 0.2) is 0 Å². The molecule has 2 saturated heterocycles. The smallest absolute Gasteiger partial charge is 0.433 e. The Balaban J connectivity index is 0.000000194. The number of esters is 1. The zero-order valence-electron chi connectivity index (χ0n) is 42.6. The lowest BCUT2D eigenvalue weighted by Gasteiger charge is -2.32. The van der Waals surface area contributed by atoms with Gasteiger partial charge < -0.3 is 30.3 Å². The maximum Gasteiger partial charge on any atom is 0.433 e. The van der Waals surface area contributed by atoms with E-state index < -0.39 is 41.5 Å². The number of carbonyl (C=O) groups is 4. The molecule has 0 bridgehead atoms. The van der Waals surface area contributed by atoms with E-state index in [-0.39, 0.29) is 52.2 Å². The van der Waals surface area contributed by atoms with E-state index in [4.69, 9.17) is 4.74 Å². The number of nitrogens with one attached hydrogen (secondary N) is 2. The topological polar surface area (TPSA) is 215 Å². The first-order valence-corrected chi connectivity index (χ1v) is 25.2. The number of benzene rings is 2. The summed E-state index contributed by atoms with van der Waals surface area (Å²) in [5, 5.41) is 22.8. The number of alkyl halides is 6. The molecule has 0 radical (unpaired) electrons. The minimum Gasteiger partial charge on any atom is -0.481 e. The van der Waals surface area contributed by atoms with Crippen LogP contribution in [0.3, 0.4) is 0 Å². The first-order chi connectivity index (χ1) is 38.4. The average Bonchev–Trinajstić information content (AvgIpc) is 4.22. The number of pyridine rings is 4. The summed E-state index contributed by atoms with van der Waals surface area (Å²) in [5.74, 6) is -1.97. The number of nitrogens with zero attached hydrogens (tertiary/aromatic N) is 10. The van der Waals surface area contributed by atoms with Crippen LogP contribution in [0.4, 0.5) is 49.4 Å². The Morgan fingerprint density at radius 1 is 0.562 bits per heavy atom. The van der Waals surface area contributed by atoms with Crippen molar-refractivity contribution in [1.29, 1.82) is 0 Å². The first-order valence-electron chi connectivity index (χ1n) is 25.2. The SMILES string of the molecule is CCOC(=O)C1CCN(c2cccc(C(=O)Nc3ccc(-n4nc(-c5cccnc5)cc4C(F)(F)F)cn3)c2)CC1.O=C(Nc1ccc(-n2nc(-c3cccnc3)cc2C(F)(F)F)cn1)c1cccc(N2CCC(C(=O)O)CC2)c1. The third-order valence-corrected chi connectivity index (χ3v) is 13.3. The second kappa shape index (κ2) is 24.0. The molecule has 0 aliphatic carbocycles. The van der Waals surface area contributed by atoms with E-state index in [1.165, 1.54) is 61.4 Å². The number of aliphatic carboxylic acids is 1. The van der Waals surface area contributed by atoms with Gasteiger partial charge in [-0.25, -0.2) is 19.3 Å². The predicted octanol–water partition coefficient (Wildman–Crippen LogP) is 10.3. The number of aromatic nitrogens is 8. The molecular weight excluding hydrogens is 1050 g/mol. The van der Waals surface area contributed by atoms with Gasteiger partial charge in [0.25, 0.3) is 11.8 Å². The van der Waals surface area contributed by atoms with Crippen LogP contribution in [0.2, 0.25) is 0 Å². The Morgan fingerprint density at radius 2 is 1.00 bits per heavy atom. The molecule has 8 heterocycles. The molecule has 18 nitrogen and oxygen atoms in total. The molecule has 0 atom stereocenters. The van der Waals surface area contributed by atoms with Crippen LogP contribution in [0.1, 0.15) is 64.7 Å². The molecule has 80 heavy (non-hydrogen) atoms. The third-order valence-electron chi connectivity index (χ3n) is 13.3. The fourth-order valence-corrected chi connectivity index (χ4v) is 9.12. The Kier molecular flexibility index (Phi) is 16.6. The van der Waals surface area contributed by atoms with E-state index in [1.54, 1.807) is 67.6 Å².